The van der Waals surface area contributed by atoms with Gasteiger partial charge in [0.05, 0.1) is 6.61 Å². The second-order valence-corrected chi connectivity index (χ2v) is 7.73. The van der Waals surface area contributed by atoms with Crippen LogP contribution in [0.5, 0.6) is 0 Å². The summed E-state index contributed by atoms with van der Waals surface area (Å²) >= 11 is 1.15. The molecule has 2 nitrogen and oxygen atoms in total. The molecule has 1 aromatic rings. The van der Waals surface area contributed by atoms with E-state index in [1.54, 1.807) is 25.7 Å². The summed E-state index contributed by atoms with van der Waals surface area (Å²) in [6, 6.07) is 5.87. The molecule has 0 aliphatic carbocycles. The van der Waals surface area contributed by atoms with E-state index in [0.717, 1.165) is 16.3 Å². The summed E-state index contributed by atoms with van der Waals surface area (Å²) < 4.78 is 29.4. The third-order valence-corrected chi connectivity index (χ3v) is 4.93. The summed E-state index contributed by atoms with van der Waals surface area (Å²) in [5.41, 5.74) is 0. The molecule has 0 aliphatic heterocycles. The van der Waals surface area contributed by atoms with Gasteiger partial charge < -0.3 is 4.52 Å². The number of hydrogen-bond acceptors (Lipinski definition) is 3. The summed E-state index contributed by atoms with van der Waals surface area (Å²) in [5, 5.41) is 0. The van der Waals surface area contributed by atoms with Gasteiger partial charge in [0.25, 0.3) is 6.57 Å². The van der Waals surface area contributed by atoms with Gasteiger partial charge in [-0.3, -0.25) is 4.57 Å². The van der Waals surface area contributed by atoms with Crippen molar-refractivity contribution in [3.63, 3.8) is 0 Å². The number of hydrogen-bond donors (Lipinski definition) is 0. The lowest BCUT2D eigenvalue weighted by Gasteiger charge is -2.11. The van der Waals surface area contributed by atoms with Gasteiger partial charge in [-0.15, -0.1) is 0 Å². The molecule has 1 unspecified atom stereocenters. The quantitative estimate of drug-likeness (QED) is 0.741. The van der Waals surface area contributed by atoms with E-state index in [2.05, 4.69) is 0 Å². The molecule has 0 saturated carbocycles. The third-order valence-electron chi connectivity index (χ3n) is 1.45. The lowest BCUT2D eigenvalue weighted by atomic mass is 10.4. The van der Waals surface area contributed by atoms with Gasteiger partial charge in [-0.05, 0) is 42.6 Å². The van der Waals surface area contributed by atoms with Crippen LogP contribution in [0.2, 0.25) is 0 Å². The summed E-state index contributed by atoms with van der Waals surface area (Å²) in [4.78, 5) is 0.755. The summed E-state index contributed by atoms with van der Waals surface area (Å²) in [6.45, 7) is 1.14. The van der Waals surface area contributed by atoms with E-state index in [-0.39, 0.29) is 5.82 Å². The molecule has 5 heteroatoms. The standard InChI is InChI=1S/C9H12FO2PS/c1-3-12-13(2,11)14-9-6-4-8(10)5-7-9/h4-7H,3H2,1-2H3. The Morgan fingerprint density at radius 1 is 1.43 bits per heavy atom. The highest BCUT2D eigenvalue weighted by atomic mass is 32.7. The van der Waals surface area contributed by atoms with Crippen LogP contribution in [0.1, 0.15) is 6.92 Å². The molecule has 0 aromatic heterocycles. The Hall–Kier alpha value is -0.310. The largest absolute Gasteiger partial charge is 0.321 e. The smallest absolute Gasteiger partial charge is 0.259 e. The predicted molar refractivity (Wildman–Crippen MR) is 57.4 cm³/mol. The zero-order valence-electron chi connectivity index (χ0n) is 8.07. The van der Waals surface area contributed by atoms with E-state index in [1.807, 2.05) is 0 Å². The first-order valence-corrected chi connectivity index (χ1v) is 7.70. The van der Waals surface area contributed by atoms with Gasteiger partial charge in [0, 0.05) is 11.6 Å². The minimum atomic E-state index is -2.64. The highest BCUT2D eigenvalue weighted by molar-refractivity contribution is 8.56. The zero-order valence-corrected chi connectivity index (χ0v) is 9.78. The lowest BCUT2D eigenvalue weighted by Crippen LogP contribution is -1.83. The van der Waals surface area contributed by atoms with E-state index >= 15 is 0 Å². The Bertz CT molecular complexity index is 339. The minimum absolute atomic E-state index is 0.295. The normalized spacial score (nSPS) is 15.1. The van der Waals surface area contributed by atoms with Crippen LogP contribution >= 0.6 is 18.0 Å². The fraction of sp³-hybridized carbons (Fsp3) is 0.333. The second-order valence-electron chi connectivity index (χ2n) is 2.73. The van der Waals surface area contributed by atoms with Crippen LogP contribution in [0.25, 0.3) is 0 Å². The first kappa shape index (κ1) is 11.8. The first-order valence-electron chi connectivity index (χ1n) is 4.21. The predicted octanol–water partition coefficient (Wildman–Crippen LogP) is 3.78. The van der Waals surface area contributed by atoms with Crippen molar-refractivity contribution in [3.8, 4) is 0 Å². The van der Waals surface area contributed by atoms with Gasteiger partial charge in [-0.2, -0.15) is 0 Å². The van der Waals surface area contributed by atoms with Crippen molar-refractivity contribution in [2.45, 2.75) is 11.8 Å². The van der Waals surface area contributed by atoms with Crippen LogP contribution in [0.4, 0.5) is 4.39 Å². The molecule has 0 spiro atoms. The molecule has 0 saturated heterocycles. The molecular weight excluding hydrogens is 222 g/mol. The van der Waals surface area contributed by atoms with Crippen LogP contribution in [0.15, 0.2) is 29.2 Å². The van der Waals surface area contributed by atoms with Crippen molar-refractivity contribution in [1.29, 1.82) is 0 Å². The Morgan fingerprint density at radius 3 is 2.50 bits per heavy atom. The van der Waals surface area contributed by atoms with Gasteiger partial charge in [-0.1, -0.05) is 0 Å². The SMILES string of the molecule is CCOP(C)(=O)Sc1ccc(F)cc1. The Labute approximate surface area is 87.1 Å². The maximum absolute atomic E-state index is 12.6. The third kappa shape index (κ3) is 3.82. The van der Waals surface area contributed by atoms with Gasteiger partial charge >= 0.3 is 0 Å². The molecule has 1 atom stereocenters. The monoisotopic (exact) mass is 234 g/mol. The second kappa shape index (κ2) is 4.96. The van der Waals surface area contributed by atoms with Crippen LogP contribution in [0.3, 0.4) is 0 Å². The highest BCUT2D eigenvalue weighted by Gasteiger charge is 2.16. The molecule has 0 amide bonds. The molecule has 0 radical (unpaired) electrons. The first-order chi connectivity index (χ1) is 6.53. The van der Waals surface area contributed by atoms with Crippen LogP contribution in [0, 0.1) is 5.82 Å². The molecule has 0 bridgehead atoms. The fourth-order valence-corrected chi connectivity index (χ4v) is 4.10. The molecule has 78 valence electrons. The van der Waals surface area contributed by atoms with Crippen molar-refractivity contribution in [1.82, 2.24) is 0 Å². The van der Waals surface area contributed by atoms with Crippen molar-refractivity contribution in [3.05, 3.63) is 30.1 Å². The van der Waals surface area contributed by atoms with Crippen molar-refractivity contribution >= 4 is 18.0 Å². The molecule has 0 N–H and O–H groups in total. The molecule has 0 aliphatic rings. The Balaban J connectivity index is 2.69. The van der Waals surface area contributed by atoms with E-state index in [0.29, 0.717) is 6.61 Å². The highest BCUT2D eigenvalue weighted by Crippen LogP contribution is 2.59. The summed E-state index contributed by atoms with van der Waals surface area (Å²) in [5.74, 6) is -0.295. The molecule has 0 heterocycles. The van der Waals surface area contributed by atoms with E-state index in [4.69, 9.17) is 4.52 Å². The maximum atomic E-state index is 12.6. The van der Waals surface area contributed by atoms with Crippen LogP contribution in [-0.2, 0) is 9.09 Å². The van der Waals surface area contributed by atoms with Gasteiger partial charge in [0.1, 0.15) is 5.82 Å². The molecule has 14 heavy (non-hydrogen) atoms. The average Bonchev–Trinajstić information content (AvgIpc) is 2.08. The summed E-state index contributed by atoms with van der Waals surface area (Å²) in [6.07, 6.45) is 0. The maximum Gasteiger partial charge on any atom is 0.259 e. The van der Waals surface area contributed by atoms with Gasteiger partial charge in [0.15, 0.2) is 0 Å². The average molecular weight is 234 g/mol. The Kier molecular flexibility index (Phi) is 4.17. The van der Waals surface area contributed by atoms with E-state index in [9.17, 15) is 8.96 Å². The van der Waals surface area contributed by atoms with Crippen molar-refractivity contribution < 1.29 is 13.5 Å². The number of rotatable bonds is 4. The molecule has 1 aromatic carbocycles. The van der Waals surface area contributed by atoms with E-state index in [1.165, 1.54) is 12.1 Å². The van der Waals surface area contributed by atoms with E-state index < -0.39 is 6.57 Å². The zero-order chi connectivity index (χ0) is 10.6. The van der Waals surface area contributed by atoms with Crippen LogP contribution < -0.4 is 0 Å². The van der Waals surface area contributed by atoms with Crippen LogP contribution in [-0.4, -0.2) is 13.3 Å². The topological polar surface area (TPSA) is 26.3 Å². The molecule has 0 fully saturated rings. The number of halogens is 1. The number of benzene rings is 1. The molecular formula is C9H12FO2PS. The fourth-order valence-electron chi connectivity index (χ4n) is 0.948. The minimum Gasteiger partial charge on any atom is -0.321 e. The van der Waals surface area contributed by atoms with Crippen molar-refractivity contribution in [2.24, 2.45) is 0 Å². The van der Waals surface area contributed by atoms with Crippen molar-refractivity contribution in [2.75, 3.05) is 13.3 Å². The van der Waals surface area contributed by atoms with Gasteiger partial charge in [-0.25, -0.2) is 4.39 Å². The molecule has 1 rings (SSSR count). The summed E-state index contributed by atoms with van der Waals surface area (Å²) in [7, 11) is 0. The van der Waals surface area contributed by atoms with Gasteiger partial charge in [0.2, 0.25) is 0 Å². The Morgan fingerprint density at radius 2 is 2.00 bits per heavy atom. The lowest BCUT2D eigenvalue weighted by molar-refractivity contribution is 0.350.